The van der Waals surface area contributed by atoms with Gasteiger partial charge < -0.3 is 4.74 Å². The molecule has 8 heteroatoms. The van der Waals surface area contributed by atoms with E-state index in [4.69, 9.17) is 4.74 Å². The molecule has 0 unspecified atom stereocenters. The monoisotopic (exact) mass is 387 g/mol. The predicted molar refractivity (Wildman–Crippen MR) is 100 cm³/mol. The molecular weight excluding hydrogens is 370 g/mol. The molecule has 1 fully saturated rings. The summed E-state index contributed by atoms with van der Waals surface area (Å²) < 4.78 is 37.3. The molecule has 1 aliphatic carbocycles. The van der Waals surface area contributed by atoms with Gasteiger partial charge in [0.05, 0.1) is 4.90 Å². The van der Waals surface area contributed by atoms with E-state index in [1.807, 2.05) is 6.92 Å². The topological polar surface area (TPSA) is 81.2 Å². The normalized spacial score (nSPS) is 14.2. The standard InChI is InChI=1S/C18H17N3O3S2/c1-12-2-10-16(11-3-12)26(22,23)21-14-6-8-15(9-7-14)24-18-19-17(20-25-18)13-4-5-13/h2-3,6-11,13,21H,4-5H2,1H3. The van der Waals surface area contributed by atoms with Crippen molar-refractivity contribution in [3.05, 3.63) is 59.9 Å². The maximum Gasteiger partial charge on any atom is 0.298 e. The van der Waals surface area contributed by atoms with E-state index in [0.717, 1.165) is 24.2 Å². The molecule has 0 atom stereocenters. The minimum Gasteiger partial charge on any atom is -0.430 e. The van der Waals surface area contributed by atoms with Crippen LogP contribution in [0.1, 0.15) is 30.1 Å². The first-order valence-corrected chi connectivity index (χ1v) is 10.5. The summed E-state index contributed by atoms with van der Waals surface area (Å²) in [5.41, 5.74) is 1.47. The van der Waals surface area contributed by atoms with Crippen LogP contribution in [-0.2, 0) is 10.0 Å². The van der Waals surface area contributed by atoms with Gasteiger partial charge in [0, 0.05) is 23.1 Å². The molecule has 0 spiro atoms. The number of benzene rings is 2. The third-order valence-corrected chi connectivity index (χ3v) is 6.01. The van der Waals surface area contributed by atoms with Gasteiger partial charge in [0.25, 0.3) is 15.2 Å². The van der Waals surface area contributed by atoms with Gasteiger partial charge in [-0.2, -0.15) is 9.36 Å². The highest BCUT2D eigenvalue weighted by Gasteiger charge is 2.28. The second kappa shape index (κ2) is 6.69. The zero-order chi connectivity index (χ0) is 18.1. The van der Waals surface area contributed by atoms with E-state index < -0.39 is 10.0 Å². The fourth-order valence-corrected chi connectivity index (χ4v) is 4.08. The lowest BCUT2D eigenvalue weighted by atomic mass is 10.2. The summed E-state index contributed by atoms with van der Waals surface area (Å²) in [4.78, 5) is 4.60. The van der Waals surface area contributed by atoms with E-state index in [9.17, 15) is 8.42 Å². The SMILES string of the molecule is Cc1ccc(S(=O)(=O)Nc2ccc(Oc3nc(C4CC4)ns3)cc2)cc1. The lowest BCUT2D eigenvalue weighted by Crippen LogP contribution is -2.12. The fourth-order valence-electron chi connectivity index (χ4n) is 2.39. The molecule has 4 rings (SSSR count). The highest BCUT2D eigenvalue weighted by Crippen LogP contribution is 2.40. The van der Waals surface area contributed by atoms with Gasteiger partial charge in [0.2, 0.25) is 0 Å². The van der Waals surface area contributed by atoms with Gasteiger partial charge in [0.1, 0.15) is 11.6 Å². The molecule has 26 heavy (non-hydrogen) atoms. The van der Waals surface area contributed by atoms with Gasteiger partial charge in [-0.15, -0.1) is 0 Å². The number of hydrogen-bond donors (Lipinski definition) is 1. The molecule has 0 amide bonds. The van der Waals surface area contributed by atoms with E-state index in [1.54, 1.807) is 48.5 Å². The number of anilines is 1. The van der Waals surface area contributed by atoms with E-state index >= 15 is 0 Å². The molecule has 1 aliphatic rings. The lowest BCUT2D eigenvalue weighted by molar-refractivity contribution is 0.477. The Hall–Kier alpha value is -2.45. The predicted octanol–water partition coefficient (Wildman–Crippen LogP) is 4.32. The molecule has 0 aliphatic heterocycles. The molecule has 1 heterocycles. The number of ether oxygens (including phenoxy) is 1. The van der Waals surface area contributed by atoms with Crippen LogP contribution in [0, 0.1) is 6.92 Å². The summed E-state index contributed by atoms with van der Waals surface area (Å²) in [6, 6.07) is 13.4. The largest absolute Gasteiger partial charge is 0.430 e. The van der Waals surface area contributed by atoms with Crippen LogP contribution in [-0.4, -0.2) is 17.8 Å². The number of sulfonamides is 1. The first kappa shape index (κ1) is 17.0. The number of aromatic nitrogens is 2. The Balaban J connectivity index is 1.44. The van der Waals surface area contributed by atoms with Crippen LogP contribution >= 0.6 is 11.5 Å². The zero-order valence-corrected chi connectivity index (χ0v) is 15.7. The van der Waals surface area contributed by atoms with Gasteiger partial charge in [-0.25, -0.2) is 8.42 Å². The maximum atomic E-state index is 12.4. The minimum atomic E-state index is -3.61. The van der Waals surface area contributed by atoms with Gasteiger partial charge in [-0.05, 0) is 56.2 Å². The molecule has 1 saturated carbocycles. The quantitative estimate of drug-likeness (QED) is 0.681. The fraction of sp³-hybridized carbons (Fsp3) is 0.222. The van der Waals surface area contributed by atoms with E-state index in [1.165, 1.54) is 11.5 Å². The molecule has 3 aromatic rings. The van der Waals surface area contributed by atoms with Crippen molar-refractivity contribution in [2.24, 2.45) is 0 Å². The van der Waals surface area contributed by atoms with Crippen molar-refractivity contribution < 1.29 is 13.2 Å². The molecule has 0 saturated heterocycles. The van der Waals surface area contributed by atoms with E-state index in [-0.39, 0.29) is 4.90 Å². The Kier molecular flexibility index (Phi) is 4.37. The van der Waals surface area contributed by atoms with Crippen LogP contribution in [0.25, 0.3) is 0 Å². The van der Waals surface area contributed by atoms with Crippen molar-refractivity contribution in [3.63, 3.8) is 0 Å². The molecule has 2 aromatic carbocycles. The zero-order valence-electron chi connectivity index (χ0n) is 14.0. The molecule has 1 aromatic heterocycles. The van der Waals surface area contributed by atoms with Gasteiger partial charge in [-0.1, -0.05) is 17.7 Å². The smallest absolute Gasteiger partial charge is 0.298 e. The maximum absolute atomic E-state index is 12.4. The van der Waals surface area contributed by atoms with Crippen molar-refractivity contribution in [2.45, 2.75) is 30.6 Å². The highest BCUT2D eigenvalue weighted by molar-refractivity contribution is 7.92. The van der Waals surface area contributed by atoms with Crippen LogP contribution in [0.4, 0.5) is 5.69 Å². The number of nitrogens with one attached hydrogen (secondary N) is 1. The second-order valence-electron chi connectivity index (χ2n) is 6.24. The number of hydrogen-bond acceptors (Lipinski definition) is 6. The van der Waals surface area contributed by atoms with Gasteiger partial charge in [0.15, 0.2) is 0 Å². The van der Waals surface area contributed by atoms with Crippen LogP contribution in [0.15, 0.2) is 53.4 Å². The minimum absolute atomic E-state index is 0.227. The molecule has 1 N–H and O–H groups in total. The van der Waals surface area contributed by atoms with Crippen molar-refractivity contribution in [1.29, 1.82) is 0 Å². The van der Waals surface area contributed by atoms with Crippen LogP contribution < -0.4 is 9.46 Å². The lowest BCUT2D eigenvalue weighted by Gasteiger charge is -2.09. The average Bonchev–Trinajstić information content (AvgIpc) is 3.37. The van der Waals surface area contributed by atoms with Gasteiger partial charge >= 0.3 is 0 Å². The summed E-state index contributed by atoms with van der Waals surface area (Å²) in [6.45, 7) is 1.91. The average molecular weight is 387 g/mol. The number of rotatable bonds is 6. The van der Waals surface area contributed by atoms with Crippen molar-refractivity contribution in [2.75, 3.05) is 4.72 Å². The summed E-state index contributed by atoms with van der Waals surface area (Å²) in [5.74, 6) is 1.93. The summed E-state index contributed by atoms with van der Waals surface area (Å²) in [6.07, 6.45) is 2.29. The molecule has 6 nitrogen and oxygen atoms in total. The third kappa shape index (κ3) is 3.86. The van der Waals surface area contributed by atoms with E-state index in [2.05, 4.69) is 14.1 Å². The third-order valence-electron chi connectivity index (χ3n) is 4.01. The number of nitrogens with zero attached hydrogens (tertiary/aromatic N) is 2. The van der Waals surface area contributed by atoms with Crippen LogP contribution in [0.5, 0.6) is 10.9 Å². The number of aryl methyl sites for hydroxylation is 1. The summed E-state index contributed by atoms with van der Waals surface area (Å²) >= 11 is 1.23. The Bertz CT molecular complexity index is 1010. The van der Waals surface area contributed by atoms with Crippen LogP contribution in [0.3, 0.4) is 0 Å². The highest BCUT2D eigenvalue weighted by atomic mass is 32.2. The summed E-state index contributed by atoms with van der Waals surface area (Å²) in [5, 5.41) is 0.500. The Labute approximate surface area is 156 Å². The summed E-state index contributed by atoms with van der Waals surface area (Å²) in [7, 11) is -3.61. The molecular formula is C18H17N3O3S2. The Morgan fingerprint density at radius 2 is 1.77 bits per heavy atom. The Morgan fingerprint density at radius 1 is 1.08 bits per heavy atom. The van der Waals surface area contributed by atoms with Crippen molar-refractivity contribution in [1.82, 2.24) is 9.36 Å². The van der Waals surface area contributed by atoms with Crippen molar-refractivity contribution >= 4 is 27.2 Å². The first-order chi connectivity index (χ1) is 12.5. The van der Waals surface area contributed by atoms with Crippen LogP contribution in [0.2, 0.25) is 0 Å². The molecule has 0 radical (unpaired) electrons. The van der Waals surface area contributed by atoms with Gasteiger partial charge in [-0.3, -0.25) is 4.72 Å². The first-order valence-electron chi connectivity index (χ1n) is 8.21. The second-order valence-corrected chi connectivity index (χ2v) is 8.63. The molecule has 134 valence electrons. The Morgan fingerprint density at radius 3 is 2.42 bits per heavy atom. The van der Waals surface area contributed by atoms with Crippen molar-refractivity contribution in [3.8, 4) is 10.9 Å². The molecule has 0 bridgehead atoms. The van der Waals surface area contributed by atoms with E-state index in [0.29, 0.717) is 22.5 Å².